The molecule has 3 aromatic carbocycles. The minimum Gasteiger partial charge on any atom is -0.310 e. The third kappa shape index (κ3) is 3.23. The second-order valence-corrected chi connectivity index (χ2v) is 6.57. The molecule has 3 rings (SSSR count). The molecular weight excluding hydrogens is 302 g/mol. The molecule has 0 heterocycles. The van der Waals surface area contributed by atoms with Crippen molar-refractivity contribution in [2.75, 3.05) is 4.90 Å². The summed E-state index contributed by atoms with van der Waals surface area (Å²) in [5.41, 5.74) is 9.94. The van der Waals surface area contributed by atoms with E-state index in [0.29, 0.717) is 0 Å². The summed E-state index contributed by atoms with van der Waals surface area (Å²) in [6, 6.07) is 21.6. The molecule has 0 spiro atoms. The SMILES string of the molecule is C=Cc1ccc(N(c2cccc(C)c2C)c2cccc(C)c2C)cc1. The Morgan fingerprint density at radius 1 is 0.680 bits per heavy atom. The zero-order valence-electron chi connectivity index (χ0n) is 15.5. The Kier molecular flexibility index (Phi) is 4.76. The average Bonchev–Trinajstić information content (AvgIpc) is 2.63. The van der Waals surface area contributed by atoms with Crippen LogP contribution < -0.4 is 4.90 Å². The zero-order valence-corrected chi connectivity index (χ0v) is 15.5. The maximum absolute atomic E-state index is 3.86. The largest absolute Gasteiger partial charge is 0.310 e. The molecule has 0 amide bonds. The Balaban J connectivity index is 2.25. The van der Waals surface area contributed by atoms with Crippen LogP contribution in [0, 0.1) is 27.7 Å². The number of benzene rings is 3. The summed E-state index contributed by atoms with van der Waals surface area (Å²) in [6.45, 7) is 12.6. The normalized spacial score (nSPS) is 10.6. The minimum atomic E-state index is 1.13. The van der Waals surface area contributed by atoms with Gasteiger partial charge in [-0.05, 0) is 79.8 Å². The molecule has 1 nitrogen and oxygen atoms in total. The molecule has 0 saturated heterocycles. The second-order valence-electron chi connectivity index (χ2n) is 6.57. The fraction of sp³-hybridized carbons (Fsp3) is 0.167. The van der Waals surface area contributed by atoms with E-state index in [2.05, 4.69) is 99.8 Å². The van der Waals surface area contributed by atoms with E-state index in [1.165, 1.54) is 33.6 Å². The fourth-order valence-electron chi connectivity index (χ4n) is 3.12. The van der Waals surface area contributed by atoms with Gasteiger partial charge >= 0.3 is 0 Å². The Bertz CT molecular complexity index is 852. The van der Waals surface area contributed by atoms with Gasteiger partial charge in [0.25, 0.3) is 0 Å². The number of anilines is 3. The monoisotopic (exact) mass is 327 g/mol. The van der Waals surface area contributed by atoms with Crippen molar-refractivity contribution in [3.05, 3.63) is 95.1 Å². The Hall–Kier alpha value is -2.80. The van der Waals surface area contributed by atoms with Gasteiger partial charge in [0.1, 0.15) is 0 Å². The van der Waals surface area contributed by atoms with E-state index < -0.39 is 0 Å². The quantitative estimate of drug-likeness (QED) is 0.497. The molecule has 0 aliphatic carbocycles. The van der Waals surface area contributed by atoms with Crippen LogP contribution in [0.25, 0.3) is 6.08 Å². The Labute approximate surface area is 151 Å². The molecule has 0 aliphatic heterocycles. The van der Waals surface area contributed by atoms with Crippen molar-refractivity contribution in [1.29, 1.82) is 0 Å². The van der Waals surface area contributed by atoms with Gasteiger partial charge in [-0.1, -0.05) is 49.1 Å². The summed E-state index contributed by atoms with van der Waals surface area (Å²) in [4.78, 5) is 2.36. The highest BCUT2D eigenvalue weighted by Gasteiger charge is 2.17. The summed E-state index contributed by atoms with van der Waals surface area (Å²) in [5, 5.41) is 0. The first kappa shape index (κ1) is 17.0. The highest BCUT2D eigenvalue weighted by molar-refractivity contribution is 5.81. The highest BCUT2D eigenvalue weighted by Crippen LogP contribution is 2.39. The van der Waals surface area contributed by atoms with Gasteiger partial charge < -0.3 is 4.90 Å². The van der Waals surface area contributed by atoms with Gasteiger partial charge in [0.05, 0.1) is 0 Å². The number of hydrogen-bond acceptors (Lipinski definition) is 1. The van der Waals surface area contributed by atoms with Crippen LogP contribution in [0.4, 0.5) is 17.1 Å². The van der Waals surface area contributed by atoms with Crippen molar-refractivity contribution in [1.82, 2.24) is 0 Å². The maximum atomic E-state index is 3.86. The van der Waals surface area contributed by atoms with Crippen LogP contribution in [-0.4, -0.2) is 0 Å². The van der Waals surface area contributed by atoms with E-state index in [1.807, 2.05) is 6.08 Å². The van der Waals surface area contributed by atoms with Crippen molar-refractivity contribution in [2.45, 2.75) is 27.7 Å². The predicted molar refractivity (Wildman–Crippen MR) is 110 cm³/mol. The van der Waals surface area contributed by atoms with Crippen LogP contribution in [0.3, 0.4) is 0 Å². The molecule has 25 heavy (non-hydrogen) atoms. The third-order valence-corrected chi connectivity index (χ3v) is 5.02. The first-order valence-corrected chi connectivity index (χ1v) is 8.68. The molecule has 1 heteroatoms. The first-order chi connectivity index (χ1) is 12.0. The predicted octanol–water partition coefficient (Wildman–Crippen LogP) is 7.03. The average molecular weight is 327 g/mol. The lowest BCUT2D eigenvalue weighted by Gasteiger charge is -2.29. The van der Waals surface area contributed by atoms with E-state index in [4.69, 9.17) is 0 Å². The first-order valence-electron chi connectivity index (χ1n) is 8.68. The fourth-order valence-corrected chi connectivity index (χ4v) is 3.12. The van der Waals surface area contributed by atoms with Crippen LogP contribution in [0.1, 0.15) is 27.8 Å². The molecular formula is C24H25N. The topological polar surface area (TPSA) is 3.24 Å². The number of aryl methyl sites for hydroxylation is 2. The lowest BCUT2D eigenvalue weighted by Crippen LogP contribution is -2.13. The molecule has 0 radical (unpaired) electrons. The van der Waals surface area contributed by atoms with Gasteiger partial charge in [-0.15, -0.1) is 0 Å². The Morgan fingerprint density at radius 3 is 1.60 bits per heavy atom. The van der Waals surface area contributed by atoms with Crippen LogP contribution in [0.15, 0.2) is 67.2 Å². The van der Waals surface area contributed by atoms with Crippen molar-refractivity contribution < 1.29 is 0 Å². The molecule has 0 fully saturated rings. The summed E-state index contributed by atoms with van der Waals surface area (Å²) >= 11 is 0. The highest BCUT2D eigenvalue weighted by atomic mass is 15.1. The zero-order chi connectivity index (χ0) is 18.0. The van der Waals surface area contributed by atoms with Crippen molar-refractivity contribution >= 4 is 23.1 Å². The van der Waals surface area contributed by atoms with Gasteiger partial charge in [0.2, 0.25) is 0 Å². The van der Waals surface area contributed by atoms with Crippen LogP contribution in [0.5, 0.6) is 0 Å². The molecule has 0 aliphatic rings. The van der Waals surface area contributed by atoms with Crippen molar-refractivity contribution in [2.24, 2.45) is 0 Å². The molecule has 3 aromatic rings. The Morgan fingerprint density at radius 2 is 1.16 bits per heavy atom. The second kappa shape index (κ2) is 6.98. The molecule has 0 unspecified atom stereocenters. The third-order valence-electron chi connectivity index (χ3n) is 5.02. The lowest BCUT2D eigenvalue weighted by molar-refractivity contribution is 1.19. The van der Waals surface area contributed by atoms with Crippen molar-refractivity contribution in [3.8, 4) is 0 Å². The lowest BCUT2D eigenvalue weighted by atomic mass is 10.0. The van der Waals surface area contributed by atoms with Gasteiger partial charge in [0, 0.05) is 17.1 Å². The van der Waals surface area contributed by atoms with E-state index in [0.717, 1.165) is 11.3 Å². The van der Waals surface area contributed by atoms with Crippen LogP contribution >= 0.6 is 0 Å². The summed E-state index contributed by atoms with van der Waals surface area (Å²) in [7, 11) is 0. The number of rotatable bonds is 4. The molecule has 0 bridgehead atoms. The summed E-state index contributed by atoms with van der Waals surface area (Å²) in [5.74, 6) is 0. The number of nitrogens with zero attached hydrogens (tertiary/aromatic N) is 1. The smallest absolute Gasteiger partial charge is 0.0493 e. The summed E-state index contributed by atoms with van der Waals surface area (Å²) in [6.07, 6.45) is 1.88. The van der Waals surface area contributed by atoms with E-state index in [-0.39, 0.29) is 0 Å². The molecule has 0 N–H and O–H groups in total. The van der Waals surface area contributed by atoms with Crippen molar-refractivity contribution in [3.63, 3.8) is 0 Å². The standard InChI is InChI=1S/C24H25N/c1-6-21-13-15-22(16-14-21)25(23-11-7-9-17(2)19(23)4)24-12-8-10-18(3)20(24)5/h6-16H,1H2,2-5H3. The van der Waals surface area contributed by atoms with Gasteiger partial charge in [-0.2, -0.15) is 0 Å². The molecule has 126 valence electrons. The van der Waals surface area contributed by atoms with Gasteiger partial charge in [0.15, 0.2) is 0 Å². The molecule has 0 aromatic heterocycles. The van der Waals surface area contributed by atoms with Gasteiger partial charge in [-0.25, -0.2) is 0 Å². The van der Waals surface area contributed by atoms with Crippen LogP contribution in [0.2, 0.25) is 0 Å². The summed E-state index contributed by atoms with van der Waals surface area (Å²) < 4.78 is 0. The molecule has 0 atom stereocenters. The van der Waals surface area contributed by atoms with E-state index in [1.54, 1.807) is 0 Å². The van der Waals surface area contributed by atoms with E-state index in [9.17, 15) is 0 Å². The van der Waals surface area contributed by atoms with Gasteiger partial charge in [-0.3, -0.25) is 0 Å². The minimum absolute atomic E-state index is 1.13. The molecule has 0 saturated carbocycles. The maximum Gasteiger partial charge on any atom is 0.0493 e. The van der Waals surface area contributed by atoms with Crippen LogP contribution in [-0.2, 0) is 0 Å². The van der Waals surface area contributed by atoms with E-state index >= 15 is 0 Å². The number of hydrogen-bond donors (Lipinski definition) is 0.